The molecule has 0 radical (unpaired) electrons. The summed E-state index contributed by atoms with van der Waals surface area (Å²) in [7, 11) is 0. The second-order valence-corrected chi connectivity index (χ2v) is 4.49. The van der Waals surface area contributed by atoms with Crippen LogP contribution in [0.3, 0.4) is 0 Å². The van der Waals surface area contributed by atoms with Crippen LogP contribution in [-0.2, 0) is 0 Å². The molecule has 0 aromatic heterocycles. The van der Waals surface area contributed by atoms with Gasteiger partial charge in [-0.25, -0.2) is 0 Å². The van der Waals surface area contributed by atoms with Crippen molar-refractivity contribution in [2.45, 2.75) is 37.8 Å². The molecule has 1 aliphatic rings. The highest BCUT2D eigenvalue weighted by Crippen LogP contribution is 2.25. The first-order valence-electron chi connectivity index (χ1n) is 5.75. The van der Waals surface area contributed by atoms with Crippen LogP contribution < -0.4 is 16.8 Å². The van der Waals surface area contributed by atoms with Crippen molar-refractivity contribution in [1.29, 1.82) is 0 Å². The van der Waals surface area contributed by atoms with Crippen molar-refractivity contribution in [3.05, 3.63) is 18.2 Å². The summed E-state index contributed by atoms with van der Waals surface area (Å²) < 4.78 is 0. The number of hydrogen-bond donors (Lipinski definition) is 4. The summed E-state index contributed by atoms with van der Waals surface area (Å²) in [4.78, 5) is 0. The first-order valence-corrected chi connectivity index (χ1v) is 5.75. The molecule has 4 heteroatoms. The molecule has 0 atom stereocenters. The van der Waals surface area contributed by atoms with Gasteiger partial charge in [-0.15, -0.1) is 0 Å². The molecule has 1 aromatic carbocycles. The molecule has 2 rings (SSSR count). The van der Waals surface area contributed by atoms with E-state index in [2.05, 4.69) is 5.32 Å². The van der Waals surface area contributed by atoms with E-state index in [1.165, 1.54) is 0 Å². The SMILES string of the molecule is Nc1ccc(NC2CCC(O)CC2)cc1N. The van der Waals surface area contributed by atoms with Crippen LogP contribution in [0.15, 0.2) is 18.2 Å². The van der Waals surface area contributed by atoms with Gasteiger partial charge in [-0.05, 0) is 43.9 Å². The van der Waals surface area contributed by atoms with Gasteiger partial charge in [0.15, 0.2) is 0 Å². The number of anilines is 3. The summed E-state index contributed by atoms with van der Waals surface area (Å²) in [5, 5.41) is 12.8. The molecule has 1 aliphatic carbocycles. The molecule has 1 aromatic rings. The average molecular weight is 221 g/mol. The lowest BCUT2D eigenvalue weighted by molar-refractivity contribution is 0.126. The van der Waals surface area contributed by atoms with Crippen molar-refractivity contribution in [2.75, 3.05) is 16.8 Å². The van der Waals surface area contributed by atoms with Crippen LogP contribution in [0.2, 0.25) is 0 Å². The lowest BCUT2D eigenvalue weighted by atomic mass is 9.93. The van der Waals surface area contributed by atoms with Gasteiger partial charge in [0.2, 0.25) is 0 Å². The molecule has 0 bridgehead atoms. The van der Waals surface area contributed by atoms with Crippen molar-refractivity contribution in [1.82, 2.24) is 0 Å². The number of rotatable bonds is 2. The fourth-order valence-electron chi connectivity index (χ4n) is 2.12. The van der Waals surface area contributed by atoms with Crippen LogP contribution in [0.25, 0.3) is 0 Å². The Morgan fingerprint density at radius 1 is 1.06 bits per heavy atom. The number of benzene rings is 1. The van der Waals surface area contributed by atoms with E-state index in [-0.39, 0.29) is 6.10 Å². The molecule has 6 N–H and O–H groups in total. The zero-order valence-corrected chi connectivity index (χ0v) is 9.32. The fourth-order valence-corrected chi connectivity index (χ4v) is 2.12. The Balaban J connectivity index is 1.96. The van der Waals surface area contributed by atoms with Crippen molar-refractivity contribution < 1.29 is 5.11 Å². The van der Waals surface area contributed by atoms with Crippen LogP contribution in [0.4, 0.5) is 17.1 Å². The third-order valence-corrected chi connectivity index (χ3v) is 3.15. The van der Waals surface area contributed by atoms with Gasteiger partial charge in [0.05, 0.1) is 17.5 Å². The number of aliphatic hydroxyl groups excluding tert-OH is 1. The summed E-state index contributed by atoms with van der Waals surface area (Å²) in [5.41, 5.74) is 13.6. The third-order valence-electron chi connectivity index (χ3n) is 3.15. The summed E-state index contributed by atoms with van der Waals surface area (Å²) in [6.07, 6.45) is 3.65. The Bertz CT molecular complexity index is 359. The molecule has 88 valence electrons. The lowest BCUT2D eigenvalue weighted by Crippen LogP contribution is -2.28. The Kier molecular flexibility index (Phi) is 3.19. The largest absolute Gasteiger partial charge is 0.397 e. The number of nitrogens with two attached hydrogens (primary N) is 2. The van der Waals surface area contributed by atoms with Crippen LogP contribution in [0.5, 0.6) is 0 Å². The molecule has 0 spiro atoms. The van der Waals surface area contributed by atoms with Gasteiger partial charge in [-0.1, -0.05) is 0 Å². The molecule has 0 aliphatic heterocycles. The standard InChI is InChI=1S/C12H19N3O/c13-11-6-3-9(7-12(11)14)15-8-1-4-10(16)5-2-8/h3,6-8,10,15-16H,1-2,4-5,13-14H2. The second kappa shape index (κ2) is 4.61. The molecule has 0 unspecified atom stereocenters. The first kappa shape index (κ1) is 11.1. The highest BCUT2D eigenvalue weighted by molar-refractivity contribution is 5.69. The van der Waals surface area contributed by atoms with Crippen LogP contribution >= 0.6 is 0 Å². The predicted octanol–water partition coefficient (Wildman–Crippen LogP) is 1.57. The van der Waals surface area contributed by atoms with E-state index in [4.69, 9.17) is 11.5 Å². The number of nitrogen functional groups attached to an aromatic ring is 2. The van der Waals surface area contributed by atoms with Gasteiger partial charge in [-0.2, -0.15) is 0 Å². The maximum atomic E-state index is 9.41. The van der Waals surface area contributed by atoms with Gasteiger partial charge < -0.3 is 21.9 Å². The summed E-state index contributed by atoms with van der Waals surface area (Å²) in [6.45, 7) is 0. The van der Waals surface area contributed by atoms with E-state index in [1.54, 1.807) is 0 Å². The molecule has 0 heterocycles. The van der Waals surface area contributed by atoms with Crippen LogP contribution in [-0.4, -0.2) is 17.3 Å². The maximum Gasteiger partial charge on any atom is 0.0568 e. The Hall–Kier alpha value is -1.42. The average Bonchev–Trinajstić information content (AvgIpc) is 2.27. The minimum atomic E-state index is -0.116. The molecule has 1 saturated carbocycles. The van der Waals surface area contributed by atoms with Gasteiger partial charge in [0.1, 0.15) is 0 Å². The first-order chi connectivity index (χ1) is 7.65. The predicted molar refractivity (Wildman–Crippen MR) is 67.2 cm³/mol. The molecule has 1 fully saturated rings. The topological polar surface area (TPSA) is 84.3 Å². The minimum Gasteiger partial charge on any atom is -0.397 e. The number of nitrogens with one attached hydrogen (secondary N) is 1. The fraction of sp³-hybridized carbons (Fsp3) is 0.500. The quantitative estimate of drug-likeness (QED) is 0.571. The van der Waals surface area contributed by atoms with Gasteiger partial charge in [0.25, 0.3) is 0 Å². The second-order valence-electron chi connectivity index (χ2n) is 4.49. The van der Waals surface area contributed by atoms with E-state index < -0.39 is 0 Å². The van der Waals surface area contributed by atoms with Crippen molar-refractivity contribution >= 4 is 17.1 Å². The van der Waals surface area contributed by atoms with E-state index >= 15 is 0 Å². The van der Waals surface area contributed by atoms with E-state index in [0.29, 0.717) is 17.4 Å². The normalized spacial score (nSPS) is 25.3. The molecule has 16 heavy (non-hydrogen) atoms. The zero-order valence-electron chi connectivity index (χ0n) is 9.32. The Morgan fingerprint density at radius 2 is 1.75 bits per heavy atom. The highest BCUT2D eigenvalue weighted by Gasteiger charge is 2.18. The van der Waals surface area contributed by atoms with Crippen molar-refractivity contribution in [2.24, 2.45) is 0 Å². The molecular formula is C12H19N3O. The minimum absolute atomic E-state index is 0.116. The van der Waals surface area contributed by atoms with Crippen molar-refractivity contribution in [3.8, 4) is 0 Å². The smallest absolute Gasteiger partial charge is 0.0568 e. The van der Waals surface area contributed by atoms with Gasteiger partial charge in [0, 0.05) is 11.7 Å². The summed E-state index contributed by atoms with van der Waals surface area (Å²) in [5.74, 6) is 0. The van der Waals surface area contributed by atoms with Crippen LogP contribution in [0, 0.1) is 0 Å². The van der Waals surface area contributed by atoms with Crippen molar-refractivity contribution in [3.63, 3.8) is 0 Å². The molecule has 4 nitrogen and oxygen atoms in total. The number of hydrogen-bond acceptors (Lipinski definition) is 4. The van der Waals surface area contributed by atoms with E-state index in [9.17, 15) is 5.11 Å². The zero-order chi connectivity index (χ0) is 11.5. The summed E-state index contributed by atoms with van der Waals surface area (Å²) in [6, 6.07) is 6.05. The Morgan fingerprint density at radius 3 is 2.38 bits per heavy atom. The molecule has 0 saturated heterocycles. The van der Waals surface area contributed by atoms with E-state index in [0.717, 1.165) is 31.4 Å². The van der Waals surface area contributed by atoms with Crippen LogP contribution in [0.1, 0.15) is 25.7 Å². The Labute approximate surface area is 95.6 Å². The third kappa shape index (κ3) is 2.58. The monoisotopic (exact) mass is 221 g/mol. The number of aliphatic hydroxyl groups is 1. The lowest BCUT2D eigenvalue weighted by Gasteiger charge is -2.27. The molecule has 0 amide bonds. The van der Waals surface area contributed by atoms with E-state index in [1.807, 2.05) is 18.2 Å². The van der Waals surface area contributed by atoms with Gasteiger partial charge >= 0.3 is 0 Å². The molecular weight excluding hydrogens is 202 g/mol. The summed E-state index contributed by atoms with van der Waals surface area (Å²) >= 11 is 0. The van der Waals surface area contributed by atoms with Gasteiger partial charge in [-0.3, -0.25) is 0 Å². The maximum absolute atomic E-state index is 9.41. The highest BCUT2D eigenvalue weighted by atomic mass is 16.3.